The number of anilines is 1. The second-order valence-electron chi connectivity index (χ2n) is 6.18. The van der Waals surface area contributed by atoms with Gasteiger partial charge in [0.05, 0.1) is 6.10 Å². The average Bonchev–Trinajstić information content (AvgIpc) is 3.18. The van der Waals surface area contributed by atoms with E-state index in [0.717, 1.165) is 22.7 Å². The van der Waals surface area contributed by atoms with E-state index in [-0.39, 0.29) is 5.41 Å². The molecule has 4 nitrogen and oxygen atoms in total. The fourth-order valence-corrected chi connectivity index (χ4v) is 3.11. The summed E-state index contributed by atoms with van der Waals surface area (Å²) in [6.45, 7) is 8.19. The van der Waals surface area contributed by atoms with E-state index < -0.39 is 6.10 Å². The number of benzene rings is 1. The summed E-state index contributed by atoms with van der Waals surface area (Å²) in [7, 11) is 0. The fourth-order valence-electron chi connectivity index (χ4n) is 3.06. The van der Waals surface area contributed by atoms with E-state index in [9.17, 15) is 5.11 Å². The van der Waals surface area contributed by atoms with Crippen molar-refractivity contribution >= 4 is 31.0 Å². The number of aliphatic imine (C=N–C) groups is 2. The molecule has 1 N–H and O–H groups in total. The lowest BCUT2D eigenvalue weighted by Crippen LogP contribution is -2.30. The summed E-state index contributed by atoms with van der Waals surface area (Å²) in [4.78, 5) is 11.4. The van der Waals surface area contributed by atoms with Crippen LogP contribution in [0, 0.1) is 0 Å². The van der Waals surface area contributed by atoms with Crippen molar-refractivity contribution in [2.75, 3.05) is 11.4 Å². The number of nitrogens with zero attached hydrogens (tertiary/aromatic N) is 3. The molecule has 1 aliphatic heterocycles. The molecule has 1 aliphatic carbocycles. The Bertz CT molecular complexity index is 670. The highest BCUT2D eigenvalue weighted by molar-refractivity contribution is 7.84. The maximum absolute atomic E-state index is 9.85. The average molecular weight is 315 g/mol. The second kappa shape index (κ2) is 5.56. The number of thiol groups is 1. The Balaban J connectivity index is 2.05. The molecule has 0 aromatic heterocycles. The molecule has 1 heterocycles. The molecule has 1 aromatic carbocycles. The maximum Gasteiger partial charge on any atom is 0.229 e. The lowest BCUT2D eigenvalue weighted by molar-refractivity contribution is 0.199. The molecule has 0 bridgehead atoms. The summed E-state index contributed by atoms with van der Waals surface area (Å²) in [5, 5.41) is 9.85. The van der Waals surface area contributed by atoms with E-state index in [4.69, 9.17) is 0 Å². The summed E-state index contributed by atoms with van der Waals surface area (Å²) in [6.07, 6.45) is 3.58. The van der Waals surface area contributed by atoms with Crippen molar-refractivity contribution in [1.82, 2.24) is 0 Å². The van der Waals surface area contributed by atoms with Gasteiger partial charge in [0, 0.05) is 23.8 Å². The third-order valence-corrected chi connectivity index (χ3v) is 4.55. The van der Waals surface area contributed by atoms with Crippen molar-refractivity contribution in [3.8, 4) is 0 Å². The first-order valence-corrected chi connectivity index (χ1v) is 7.92. The normalized spacial score (nSPS) is 21.0. The lowest BCUT2D eigenvalue weighted by Gasteiger charge is -2.19. The molecule has 5 heteroatoms. The molecule has 22 heavy (non-hydrogen) atoms. The maximum atomic E-state index is 9.85. The number of guanidine groups is 1. The number of aliphatic hydroxyl groups excluding tert-OH is 1. The molecule has 1 aromatic rings. The fraction of sp³-hybridized carbons (Fsp3) is 0.412. The Morgan fingerprint density at radius 3 is 2.77 bits per heavy atom. The molecule has 1 atom stereocenters. The monoisotopic (exact) mass is 315 g/mol. The number of hydrogen-bond acceptors (Lipinski definition) is 3. The van der Waals surface area contributed by atoms with Crippen molar-refractivity contribution in [3.05, 3.63) is 40.4 Å². The second-order valence-corrected chi connectivity index (χ2v) is 6.88. The van der Waals surface area contributed by atoms with Gasteiger partial charge < -0.3 is 10.0 Å². The highest BCUT2D eigenvalue weighted by Crippen LogP contribution is 2.56. The van der Waals surface area contributed by atoms with Crippen LogP contribution in [0.2, 0.25) is 0 Å². The number of rotatable bonds is 2. The molecule has 3 rings (SSSR count). The van der Waals surface area contributed by atoms with E-state index in [2.05, 4.69) is 40.3 Å². The molecule has 1 spiro atoms. The molecule has 1 unspecified atom stereocenters. The summed E-state index contributed by atoms with van der Waals surface area (Å²) in [6, 6.07) is 6.21. The summed E-state index contributed by atoms with van der Waals surface area (Å²) >= 11 is 4.24. The van der Waals surface area contributed by atoms with E-state index in [1.165, 1.54) is 18.4 Å². The molecular weight excluding hydrogens is 294 g/mol. The van der Waals surface area contributed by atoms with E-state index in [1.807, 2.05) is 19.1 Å². The highest BCUT2D eigenvalue weighted by atomic mass is 32.1. The van der Waals surface area contributed by atoms with Gasteiger partial charge in [-0.1, -0.05) is 12.1 Å². The summed E-state index contributed by atoms with van der Waals surface area (Å²) in [5.41, 5.74) is 3.57. The lowest BCUT2D eigenvalue weighted by atomic mass is 9.96. The van der Waals surface area contributed by atoms with Gasteiger partial charge in [-0.05, 0) is 55.5 Å². The number of allylic oxidation sites excluding steroid dienone is 1. The van der Waals surface area contributed by atoms with E-state index >= 15 is 0 Å². The summed E-state index contributed by atoms with van der Waals surface area (Å²) < 4.78 is 0. The van der Waals surface area contributed by atoms with Crippen LogP contribution in [0.3, 0.4) is 0 Å². The molecule has 0 radical (unpaired) electrons. The van der Waals surface area contributed by atoms with Crippen LogP contribution < -0.4 is 4.90 Å². The minimum Gasteiger partial charge on any atom is -0.389 e. The van der Waals surface area contributed by atoms with Gasteiger partial charge in [-0.2, -0.15) is 0 Å². The first-order chi connectivity index (χ1) is 10.5. The van der Waals surface area contributed by atoms with Crippen molar-refractivity contribution in [3.63, 3.8) is 0 Å². The third-order valence-electron chi connectivity index (χ3n) is 4.43. The van der Waals surface area contributed by atoms with Crippen LogP contribution in [-0.2, 0) is 5.41 Å². The molecule has 1 saturated carbocycles. The van der Waals surface area contributed by atoms with Crippen LogP contribution in [0.25, 0.3) is 0 Å². The third kappa shape index (κ3) is 2.59. The minimum atomic E-state index is -0.487. The van der Waals surface area contributed by atoms with Crippen LogP contribution in [0.5, 0.6) is 0 Å². The number of aliphatic hydroxyl groups is 1. The quantitative estimate of drug-likeness (QED) is 0.499. The van der Waals surface area contributed by atoms with Crippen molar-refractivity contribution in [2.24, 2.45) is 9.98 Å². The van der Waals surface area contributed by atoms with Crippen molar-refractivity contribution in [1.29, 1.82) is 0 Å². The number of fused-ring (bicyclic) bond motifs is 2. The van der Waals surface area contributed by atoms with Gasteiger partial charge >= 0.3 is 0 Å². The smallest absolute Gasteiger partial charge is 0.229 e. The Morgan fingerprint density at radius 1 is 1.50 bits per heavy atom. The largest absolute Gasteiger partial charge is 0.389 e. The van der Waals surface area contributed by atoms with Crippen LogP contribution in [0.4, 0.5) is 5.69 Å². The van der Waals surface area contributed by atoms with Crippen LogP contribution >= 0.6 is 12.6 Å². The van der Waals surface area contributed by atoms with Crippen LogP contribution in [0.15, 0.2) is 39.3 Å². The minimum absolute atomic E-state index is 0.234. The SMILES string of the molecule is C=NC(=N/C=C(\C)S)N1CC2(CC2)c2ccc(C(C)O)cc21. The van der Waals surface area contributed by atoms with Crippen LogP contribution in [0.1, 0.15) is 43.9 Å². The summed E-state index contributed by atoms with van der Waals surface area (Å²) in [5.74, 6) is 0.584. The Hall–Kier alpha value is -1.59. The Kier molecular flexibility index (Phi) is 3.87. The Morgan fingerprint density at radius 2 is 2.23 bits per heavy atom. The molecule has 1 fully saturated rings. The van der Waals surface area contributed by atoms with Gasteiger partial charge in [0.15, 0.2) is 0 Å². The van der Waals surface area contributed by atoms with Crippen molar-refractivity contribution in [2.45, 2.75) is 38.2 Å². The first kappa shape index (κ1) is 15.3. The Labute approximate surface area is 136 Å². The predicted octanol–water partition coefficient (Wildman–Crippen LogP) is 3.44. The topological polar surface area (TPSA) is 48.2 Å². The predicted molar refractivity (Wildman–Crippen MR) is 95.1 cm³/mol. The molecular formula is C17H21N3OS. The zero-order valence-corrected chi connectivity index (χ0v) is 13.8. The van der Waals surface area contributed by atoms with Gasteiger partial charge in [0.1, 0.15) is 0 Å². The van der Waals surface area contributed by atoms with Gasteiger partial charge in [0.2, 0.25) is 5.96 Å². The van der Waals surface area contributed by atoms with Gasteiger partial charge in [0.25, 0.3) is 0 Å². The van der Waals surface area contributed by atoms with Gasteiger partial charge in [-0.3, -0.25) is 0 Å². The van der Waals surface area contributed by atoms with Crippen molar-refractivity contribution < 1.29 is 5.11 Å². The molecule has 0 amide bonds. The zero-order valence-electron chi connectivity index (χ0n) is 13.0. The van der Waals surface area contributed by atoms with E-state index in [0.29, 0.717) is 5.96 Å². The van der Waals surface area contributed by atoms with Gasteiger partial charge in [-0.15, -0.1) is 12.6 Å². The number of hydrogen-bond donors (Lipinski definition) is 2. The molecule has 116 valence electrons. The standard InChI is InChI=1S/C17H21N3OS/c1-11(22)9-19-16(18-3)20-10-17(6-7-17)14-5-4-13(12(2)21)8-15(14)20/h4-5,8-9,12,21-22H,3,6-7,10H2,1-2H3/b11-9+,19-16?. The van der Waals surface area contributed by atoms with Gasteiger partial charge in [-0.25, -0.2) is 9.98 Å². The first-order valence-electron chi connectivity index (χ1n) is 7.47. The molecule has 0 saturated heterocycles. The van der Waals surface area contributed by atoms with E-state index in [1.54, 1.807) is 13.1 Å². The highest BCUT2D eigenvalue weighted by Gasteiger charge is 2.52. The van der Waals surface area contributed by atoms with Crippen LogP contribution in [-0.4, -0.2) is 24.3 Å². The molecule has 2 aliphatic rings. The zero-order chi connectivity index (χ0) is 15.9.